The molecule has 96 valence electrons. The Morgan fingerprint density at radius 2 is 1.88 bits per heavy atom. The van der Waals surface area contributed by atoms with E-state index in [4.69, 9.17) is 0 Å². The van der Waals surface area contributed by atoms with Gasteiger partial charge in [-0.1, -0.05) is 51.2 Å². The highest BCUT2D eigenvalue weighted by Gasteiger charge is 2.12. The first-order valence-corrected chi connectivity index (χ1v) is 6.59. The van der Waals surface area contributed by atoms with Gasteiger partial charge < -0.3 is 5.11 Å². The second kappa shape index (κ2) is 7.44. The highest BCUT2D eigenvalue weighted by atomic mass is 19.1. The van der Waals surface area contributed by atoms with Gasteiger partial charge in [-0.3, -0.25) is 0 Å². The Bertz CT molecular complexity index is 336. The van der Waals surface area contributed by atoms with E-state index in [1.54, 1.807) is 6.07 Å². The average Bonchev–Trinajstić information content (AvgIpc) is 2.28. The van der Waals surface area contributed by atoms with E-state index >= 15 is 0 Å². The van der Waals surface area contributed by atoms with Crippen LogP contribution in [0.15, 0.2) is 18.2 Å². The summed E-state index contributed by atoms with van der Waals surface area (Å²) in [7, 11) is 0. The number of aliphatic hydroxyl groups excluding tert-OH is 1. The van der Waals surface area contributed by atoms with Crippen LogP contribution in [0.2, 0.25) is 0 Å². The zero-order chi connectivity index (χ0) is 12.7. The normalized spacial score (nSPS) is 12.7. The van der Waals surface area contributed by atoms with Crippen LogP contribution in [0.5, 0.6) is 0 Å². The third-order valence-electron chi connectivity index (χ3n) is 3.10. The first kappa shape index (κ1) is 14.2. The van der Waals surface area contributed by atoms with E-state index in [1.807, 2.05) is 13.0 Å². The molecule has 0 saturated carbocycles. The van der Waals surface area contributed by atoms with Gasteiger partial charge in [-0.2, -0.15) is 0 Å². The minimum atomic E-state index is -0.655. The monoisotopic (exact) mass is 238 g/mol. The van der Waals surface area contributed by atoms with E-state index in [0.29, 0.717) is 12.0 Å². The fraction of sp³-hybridized carbons (Fsp3) is 0.600. The zero-order valence-electron chi connectivity index (χ0n) is 10.9. The molecule has 0 aliphatic carbocycles. The van der Waals surface area contributed by atoms with Crippen molar-refractivity contribution < 1.29 is 9.50 Å². The van der Waals surface area contributed by atoms with Crippen molar-refractivity contribution in [3.8, 4) is 0 Å². The molecule has 2 heteroatoms. The number of hydrogen-bond acceptors (Lipinski definition) is 1. The van der Waals surface area contributed by atoms with Crippen LogP contribution in [-0.2, 0) is 0 Å². The fourth-order valence-electron chi connectivity index (χ4n) is 2.00. The first-order chi connectivity index (χ1) is 8.15. The first-order valence-electron chi connectivity index (χ1n) is 6.59. The van der Waals surface area contributed by atoms with Crippen molar-refractivity contribution in [1.82, 2.24) is 0 Å². The molecule has 1 atom stereocenters. The summed E-state index contributed by atoms with van der Waals surface area (Å²) in [6.07, 6.45) is 5.76. The number of rotatable bonds is 7. The van der Waals surface area contributed by atoms with Crippen molar-refractivity contribution in [2.75, 3.05) is 0 Å². The molecule has 1 aromatic carbocycles. The minimum absolute atomic E-state index is 0.286. The average molecular weight is 238 g/mol. The van der Waals surface area contributed by atoms with Crippen LogP contribution in [-0.4, -0.2) is 5.11 Å². The zero-order valence-corrected chi connectivity index (χ0v) is 10.9. The molecule has 1 aromatic rings. The SMILES string of the molecule is CCCCCCCC(O)c1ccc(C)cc1F. The molecule has 0 fully saturated rings. The Labute approximate surface area is 104 Å². The third-order valence-corrected chi connectivity index (χ3v) is 3.10. The van der Waals surface area contributed by atoms with Crippen LogP contribution in [0.3, 0.4) is 0 Å². The van der Waals surface area contributed by atoms with Gasteiger partial charge in [-0.05, 0) is 25.0 Å². The molecular formula is C15H23FO. The van der Waals surface area contributed by atoms with Crippen molar-refractivity contribution in [2.45, 2.75) is 58.5 Å². The maximum Gasteiger partial charge on any atom is 0.129 e. The predicted octanol–water partition coefficient (Wildman–Crippen LogP) is 4.53. The second-order valence-electron chi connectivity index (χ2n) is 4.74. The largest absolute Gasteiger partial charge is 0.388 e. The lowest BCUT2D eigenvalue weighted by Crippen LogP contribution is -2.01. The van der Waals surface area contributed by atoms with Gasteiger partial charge in [-0.15, -0.1) is 0 Å². The number of aryl methyl sites for hydroxylation is 1. The number of aliphatic hydroxyl groups is 1. The van der Waals surface area contributed by atoms with E-state index in [-0.39, 0.29) is 5.82 Å². The summed E-state index contributed by atoms with van der Waals surface area (Å²) in [4.78, 5) is 0. The van der Waals surface area contributed by atoms with Crippen LogP contribution in [0.1, 0.15) is 62.7 Å². The summed E-state index contributed by atoms with van der Waals surface area (Å²) >= 11 is 0. The molecular weight excluding hydrogens is 215 g/mol. The maximum atomic E-state index is 13.6. The lowest BCUT2D eigenvalue weighted by Gasteiger charge is -2.12. The number of halogens is 1. The summed E-state index contributed by atoms with van der Waals surface area (Å²) in [5.74, 6) is -0.286. The van der Waals surface area contributed by atoms with Crippen molar-refractivity contribution in [2.24, 2.45) is 0 Å². The molecule has 1 rings (SSSR count). The number of unbranched alkanes of at least 4 members (excludes halogenated alkanes) is 4. The van der Waals surface area contributed by atoms with E-state index in [2.05, 4.69) is 6.92 Å². The van der Waals surface area contributed by atoms with E-state index in [1.165, 1.54) is 25.3 Å². The molecule has 0 aliphatic heterocycles. The Morgan fingerprint density at radius 3 is 2.53 bits per heavy atom. The second-order valence-corrected chi connectivity index (χ2v) is 4.74. The fourth-order valence-corrected chi connectivity index (χ4v) is 2.00. The van der Waals surface area contributed by atoms with Crippen molar-refractivity contribution in [3.63, 3.8) is 0 Å². The summed E-state index contributed by atoms with van der Waals surface area (Å²) in [6, 6.07) is 5.02. The number of benzene rings is 1. The van der Waals surface area contributed by atoms with Crippen molar-refractivity contribution in [3.05, 3.63) is 35.1 Å². The van der Waals surface area contributed by atoms with Gasteiger partial charge in [0.2, 0.25) is 0 Å². The van der Waals surface area contributed by atoms with Gasteiger partial charge in [0.15, 0.2) is 0 Å². The molecule has 1 unspecified atom stereocenters. The standard InChI is InChI=1S/C15H23FO/c1-3-4-5-6-7-8-15(17)13-10-9-12(2)11-14(13)16/h9-11,15,17H,3-8H2,1-2H3. The molecule has 0 heterocycles. The predicted molar refractivity (Wildman–Crippen MR) is 69.5 cm³/mol. The Kier molecular flexibility index (Phi) is 6.20. The highest BCUT2D eigenvalue weighted by Crippen LogP contribution is 2.23. The molecule has 0 aromatic heterocycles. The lowest BCUT2D eigenvalue weighted by molar-refractivity contribution is 0.159. The third kappa shape index (κ3) is 4.86. The Morgan fingerprint density at radius 1 is 1.18 bits per heavy atom. The summed E-state index contributed by atoms with van der Waals surface area (Å²) in [5.41, 5.74) is 1.33. The molecule has 1 nitrogen and oxygen atoms in total. The van der Waals surface area contributed by atoms with Gasteiger partial charge in [0, 0.05) is 5.56 Å². The number of hydrogen-bond donors (Lipinski definition) is 1. The minimum Gasteiger partial charge on any atom is -0.388 e. The van der Waals surface area contributed by atoms with Crippen LogP contribution in [0.25, 0.3) is 0 Å². The van der Waals surface area contributed by atoms with Gasteiger partial charge in [0.1, 0.15) is 5.82 Å². The van der Waals surface area contributed by atoms with Crippen LogP contribution < -0.4 is 0 Å². The molecule has 1 N–H and O–H groups in total. The highest BCUT2D eigenvalue weighted by molar-refractivity contribution is 5.25. The van der Waals surface area contributed by atoms with E-state index < -0.39 is 6.10 Å². The van der Waals surface area contributed by atoms with E-state index in [9.17, 15) is 9.50 Å². The van der Waals surface area contributed by atoms with Gasteiger partial charge >= 0.3 is 0 Å². The van der Waals surface area contributed by atoms with Gasteiger partial charge in [-0.25, -0.2) is 4.39 Å². The van der Waals surface area contributed by atoms with Crippen LogP contribution >= 0.6 is 0 Å². The summed E-state index contributed by atoms with van der Waals surface area (Å²) < 4.78 is 13.6. The Hall–Kier alpha value is -0.890. The summed E-state index contributed by atoms with van der Waals surface area (Å²) in [5, 5.41) is 9.91. The quantitative estimate of drug-likeness (QED) is 0.692. The molecule has 0 spiro atoms. The van der Waals surface area contributed by atoms with Crippen LogP contribution in [0.4, 0.5) is 4.39 Å². The maximum absolute atomic E-state index is 13.6. The molecule has 0 radical (unpaired) electrons. The van der Waals surface area contributed by atoms with Crippen LogP contribution in [0, 0.1) is 12.7 Å². The molecule has 0 aliphatic rings. The topological polar surface area (TPSA) is 20.2 Å². The lowest BCUT2D eigenvalue weighted by atomic mass is 10.0. The van der Waals surface area contributed by atoms with Crippen molar-refractivity contribution >= 4 is 0 Å². The van der Waals surface area contributed by atoms with E-state index in [0.717, 1.165) is 18.4 Å². The van der Waals surface area contributed by atoms with Gasteiger partial charge in [0.05, 0.1) is 6.10 Å². The summed E-state index contributed by atoms with van der Waals surface area (Å²) in [6.45, 7) is 4.03. The molecule has 0 saturated heterocycles. The smallest absolute Gasteiger partial charge is 0.129 e. The molecule has 17 heavy (non-hydrogen) atoms. The van der Waals surface area contributed by atoms with Crippen molar-refractivity contribution in [1.29, 1.82) is 0 Å². The molecule has 0 amide bonds. The Balaban J connectivity index is 2.38. The molecule has 0 bridgehead atoms. The van der Waals surface area contributed by atoms with Gasteiger partial charge in [0.25, 0.3) is 0 Å².